The van der Waals surface area contributed by atoms with Gasteiger partial charge in [-0.25, -0.2) is 4.79 Å². The molecule has 0 bridgehead atoms. The van der Waals surface area contributed by atoms with Gasteiger partial charge in [-0.05, 0) is 6.07 Å². The third-order valence-electron chi connectivity index (χ3n) is 2.35. The van der Waals surface area contributed by atoms with Gasteiger partial charge in [-0.2, -0.15) is 0 Å². The number of carbonyl (C=O) groups is 1. The number of anilines is 1. The molecule has 2 aromatic rings. The molecule has 0 aliphatic carbocycles. The molecule has 0 unspecified atom stereocenters. The molecule has 0 fully saturated rings. The summed E-state index contributed by atoms with van der Waals surface area (Å²) < 4.78 is 0. The lowest BCUT2D eigenvalue weighted by atomic mass is 10.1. The van der Waals surface area contributed by atoms with E-state index in [0.29, 0.717) is 11.4 Å². The van der Waals surface area contributed by atoms with Crippen molar-refractivity contribution in [2.75, 3.05) is 19.0 Å². The van der Waals surface area contributed by atoms with Crippen LogP contribution in [0.15, 0.2) is 24.3 Å². The van der Waals surface area contributed by atoms with E-state index in [4.69, 9.17) is 5.11 Å². The Hall–Kier alpha value is -1.97. The number of hydrogen-bond donors (Lipinski definition) is 2. The smallest absolute Gasteiger partial charge is 0.340 e. The van der Waals surface area contributed by atoms with Gasteiger partial charge in [-0.1, -0.05) is 18.2 Å². The number of para-hydroxylation sites is 1. The van der Waals surface area contributed by atoms with Crippen LogP contribution in [0.3, 0.4) is 0 Å². The van der Waals surface area contributed by atoms with Crippen molar-refractivity contribution < 1.29 is 9.90 Å². The number of aromatic carboxylic acids is 1. The number of nitrogens with zero attached hydrogens (tertiary/aromatic N) is 1. The summed E-state index contributed by atoms with van der Waals surface area (Å²) in [6, 6.07) is 7.39. The molecule has 1 heterocycles. The first-order valence-corrected chi connectivity index (χ1v) is 4.62. The maximum Gasteiger partial charge on any atom is 0.340 e. The SMILES string of the molecule is CN(C)c1[nH]c2ccccc2c1C(=O)O. The van der Waals surface area contributed by atoms with Gasteiger partial charge in [-0.15, -0.1) is 0 Å². The van der Waals surface area contributed by atoms with Crippen LogP contribution >= 0.6 is 0 Å². The van der Waals surface area contributed by atoms with Crippen molar-refractivity contribution >= 4 is 22.7 Å². The zero-order valence-electron chi connectivity index (χ0n) is 8.61. The number of rotatable bonds is 2. The van der Waals surface area contributed by atoms with Crippen LogP contribution in [0.25, 0.3) is 10.9 Å². The van der Waals surface area contributed by atoms with E-state index >= 15 is 0 Å². The van der Waals surface area contributed by atoms with E-state index in [0.717, 1.165) is 10.9 Å². The predicted molar refractivity (Wildman–Crippen MR) is 59.6 cm³/mol. The van der Waals surface area contributed by atoms with Crippen LogP contribution in [0.2, 0.25) is 0 Å². The molecule has 0 aliphatic heterocycles. The second kappa shape index (κ2) is 3.31. The average Bonchev–Trinajstić information content (AvgIpc) is 2.56. The summed E-state index contributed by atoms with van der Waals surface area (Å²) in [6.45, 7) is 0. The Labute approximate surface area is 87.1 Å². The van der Waals surface area contributed by atoms with Crippen LogP contribution in [0.4, 0.5) is 5.82 Å². The molecule has 78 valence electrons. The van der Waals surface area contributed by atoms with E-state index in [1.165, 1.54) is 0 Å². The van der Waals surface area contributed by atoms with E-state index in [2.05, 4.69) is 4.98 Å². The highest BCUT2D eigenvalue weighted by Crippen LogP contribution is 2.27. The van der Waals surface area contributed by atoms with E-state index in [1.54, 1.807) is 4.90 Å². The van der Waals surface area contributed by atoms with Gasteiger partial charge < -0.3 is 15.0 Å². The molecule has 1 aromatic heterocycles. The Morgan fingerprint density at radius 2 is 2.00 bits per heavy atom. The summed E-state index contributed by atoms with van der Waals surface area (Å²) >= 11 is 0. The highest BCUT2D eigenvalue weighted by Gasteiger charge is 2.18. The van der Waals surface area contributed by atoms with Crippen LogP contribution < -0.4 is 4.90 Å². The van der Waals surface area contributed by atoms with Crippen LogP contribution in [-0.2, 0) is 0 Å². The molecule has 2 rings (SSSR count). The summed E-state index contributed by atoms with van der Waals surface area (Å²) in [7, 11) is 3.63. The Balaban J connectivity index is 2.80. The van der Waals surface area contributed by atoms with E-state index in [9.17, 15) is 4.79 Å². The van der Waals surface area contributed by atoms with Crippen LogP contribution in [0.1, 0.15) is 10.4 Å². The first-order valence-electron chi connectivity index (χ1n) is 4.62. The lowest BCUT2D eigenvalue weighted by Gasteiger charge is -2.10. The Morgan fingerprint density at radius 1 is 1.33 bits per heavy atom. The molecule has 0 aliphatic rings. The number of aromatic amines is 1. The van der Waals surface area contributed by atoms with Crippen molar-refractivity contribution in [1.29, 1.82) is 0 Å². The highest BCUT2D eigenvalue weighted by atomic mass is 16.4. The molecule has 1 aromatic carbocycles. The monoisotopic (exact) mass is 204 g/mol. The average molecular weight is 204 g/mol. The fraction of sp³-hybridized carbons (Fsp3) is 0.182. The molecule has 0 radical (unpaired) electrons. The minimum atomic E-state index is -0.906. The molecule has 4 heteroatoms. The fourth-order valence-corrected chi connectivity index (χ4v) is 1.68. The molecule has 4 nitrogen and oxygen atoms in total. The summed E-state index contributed by atoms with van der Waals surface area (Å²) in [5.74, 6) is -0.278. The van der Waals surface area contributed by atoms with Gasteiger partial charge in [0, 0.05) is 25.0 Å². The Kier molecular flexibility index (Phi) is 2.11. The van der Waals surface area contributed by atoms with Gasteiger partial charge in [0.15, 0.2) is 0 Å². The molecular formula is C11H12N2O2. The number of nitrogens with one attached hydrogen (secondary N) is 1. The van der Waals surface area contributed by atoms with Crippen molar-refractivity contribution in [3.8, 4) is 0 Å². The molecular weight excluding hydrogens is 192 g/mol. The summed E-state index contributed by atoms with van der Waals surface area (Å²) in [4.78, 5) is 16.0. The number of carboxylic acids is 1. The van der Waals surface area contributed by atoms with Crippen molar-refractivity contribution in [1.82, 2.24) is 4.98 Å². The van der Waals surface area contributed by atoms with Gasteiger partial charge in [0.05, 0.1) is 0 Å². The Morgan fingerprint density at radius 3 is 2.60 bits per heavy atom. The van der Waals surface area contributed by atoms with E-state index in [-0.39, 0.29) is 0 Å². The van der Waals surface area contributed by atoms with Crippen molar-refractivity contribution in [3.05, 3.63) is 29.8 Å². The Bertz CT molecular complexity index is 514. The van der Waals surface area contributed by atoms with Crippen molar-refractivity contribution in [2.45, 2.75) is 0 Å². The number of fused-ring (bicyclic) bond motifs is 1. The van der Waals surface area contributed by atoms with E-state index < -0.39 is 5.97 Å². The van der Waals surface area contributed by atoms with E-state index in [1.807, 2.05) is 38.4 Å². The zero-order valence-corrected chi connectivity index (χ0v) is 8.61. The minimum absolute atomic E-state index is 0.329. The highest BCUT2D eigenvalue weighted by molar-refractivity contribution is 6.08. The van der Waals surface area contributed by atoms with Crippen molar-refractivity contribution in [3.63, 3.8) is 0 Å². The maximum absolute atomic E-state index is 11.2. The standard InChI is InChI=1S/C11H12N2O2/c1-13(2)10-9(11(14)15)7-5-3-4-6-8(7)12-10/h3-6,12H,1-2H3,(H,14,15). The first-order chi connectivity index (χ1) is 7.11. The molecule has 0 saturated heterocycles. The molecule has 0 saturated carbocycles. The number of aromatic nitrogens is 1. The summed E-state index contributed by atoms with van der Waals surface area (Å²) in [6.07, 6.45) is 0. The lowest BCUT2D eigenvalue weighted by molar-refractivity contribution is 0.0700. The lowest BCUT2D eigenvalue weighted by Crippen LogP contribution is -2.13. The van der Waals surface area contributed by atoms with Gasteiger partial charge in [0.1, 0.15) is 11.4 Å². The number of benzene rings is 1. The summed E-state index contributed by atoms with van der Waals surface area (Å²) in [5.41, 5.74) is 1.18. The minimum Gasteiger partial charge on any atom is -0.478 e. The molecule has 0 amide bonds. The number of H-pyrrole nitrogens is 1. The second-order valence-electron chi connectivity index (χ2n) is 3.59. The van der Waals surface area contributed by atoms with Gasteiger partial charge in [0.25, 0.3) is 0 Å². The third-order valence-corrected chi connectivity index (χ3v) is 2.35. The van der Waals surface area contributed by atoms with Gasteiger partial charge in [0.2, 0.25) is 0 Å². The quantitative estimate of drug-likeness (QED) is 0.785. The number of carboxylic acid groups (broad SMARTS) is 1. The van der Waals surface area contributed by atoms with Crippen LogP contribution in [-0.4, -0.2) is 30.2 Å². The van der Waals surface area contributed by atoms with Gasteiger partial charge >= 0.3 is 5.97 Å². The van der Waals surface area contributed by atoms with Crippen LogP contribution in [0.5, 0.6) is 0 Å². The zero-order chi connectivity index (χ0) is 11.0. The number of hydrogen-bond acceptors (Lipinski definition) is 2. The molecule has 0 spiro atoms. The molecule has 0 atom stereocenters. The fourth-order valence-electron chi connectivity index (χ4n) is 1.68. The molecule has 2 N–H and O–H groups in total. The topological polar surface area (TPSA) is 56.3 Å². The largest absolute Gasteiger partial charge is 0.478 e. The van der Waals surface area contributed by atoms with Crippen LogP contribution in [0, 0.1) is 0 Å². The second-order valence-corrected chi connectivity index (χ2v) is 3.59. The summed E-state index contributed by atoms with van der Waals surface area (Å²) in [5, 5.41) is 9.90. The predicted octanol–water partition coefficient (Wildman–Crippen LogP) is 1.93. The van der Waals surface area contributed by atoms with Gasteiger partial charge in [-0.3, -0.25) is 0 Å². The third kappa shape index (κ3) is 1.44. The normalized spacial score (nSPS) is 10.5. The maximum atomic E-state index is 11.2. The molecule has 15 heavy (non-hydrogen) atoms. The van der Waals surface area contributed by atoms with Crippen molar-refractivity contribution in [2.24, 2.45) is 0 Å². The first kappa shape index (κ1) is 9.58.